The van der Waals surface area contributed by atoms with E-state index in [1.54, 1.807) is 0 Å². The second kappa shape index (κ2) is 4.86. The molecule has 1 heterocycles. The number of rotatable bonds is 3. The molecule has 1 saturated carbocycles. The van der Waals surface area contributed by atoms with Gasteiger partial charge in [-0.25, -0.2) is 0 Å². The molecule has 2 N–H and O–H groups in total. The summed E-state index contributed by atoms with van der Waals surface area (Å²) < 4.78 is 0. The first kappa shape index (κ1) is 10.8. The highest BCUT2D eigenvalue weighted by atomic mass is 32.2. The van der Waals surface area contributed by atoms with Crippen molar-refractivity contribution in [3.8, 4) is 0 Å². The van der Waals surface area contributed by atoms with Crippen LogP contribution in [0.1, 0.15) is 26.2 Å². The summed E-state index contributed by atoms with van der Waals surface area (Å²) in [5, 5.41) is 0.804. The molecule has 2 fully saturated rings. The Balaban J connectivity index is 1.89. The second-order valence-electron chi connectivity index (χ2n) is 4.67. The van der Waals surface area contributed by atoms with Crippen molar-refractivity contribution in [3.63, 3.8) is 0 Å². The van der Waals surface area contributed by atoms with E-state index in [1.807, 2.05) is 0 Å². The van der Waals surface area contributed by atoms with Crippen LogP contribution in [0.2, 0.25) is 0 Å². The third-order valence-corrected chi connectivity index (χ3v) is 4.81. The summed E-state index contributed by atoms with van der Waals surface area (Å²) >= 11 is 2.10. The number of thioether (sulfide) groups is 1. The SMILES string of the molecule is CC1CN(C(CN)C2CCC2)CCS1. The topological polar surface area (TPSA) is 29.3 Å². The first-order chi connectivity index (χ1) is 6.81. The van der Waals surface area contributed by atoms with Crippen LogP contribution in [-0.4, -0.2) is 41.6 Å². The van der Waals surface area contributed by atoms with Crippen molar-refractivity contribution in [2.75, 3.05) is 25.4 Å². The van der Waals surface area contributed by atoms with Gasteiger partial charge in [0.2, 0.25) is 0 Å². The molecule has 2 aliphatic rings. The van der Waals surface area contributed by atoms with E-state index in [2.05, 4.69) is 23.6 Å². The Bertz CT molecular complexity index is 182. The highest BCUT2D eigenvalue weighted by Gasteiger charge is 2.32. The Labute approximate surface area is 91.6 Å². The van der Waals surface area contributed by atoms with Crippen LogP contribution in [-0.2, 0) is 0 Å². The first-order valence-corrected chi connectivity index (χ1v) is 6.92. The van der Waals surface area contributed by atoms with Crippen LogP contribution in [0.5, 0.6) is 0 Å². The molecular weight excluding hydrogens is 192 g/mol. The van der Waals surface area contributed by atoms with E-state index in [0.717, 1.165) is 17.7 Å². The van der Waals surface area contributed by atoms with Gasteiger partial charge in [-0.15, -0.1) is 0 Å². The van der Waals surface area contributed by atoms with Crippen molar-refractivity contribution in [1.82, 2.24) is 4.90 Å². The van der Waals surface area contributed by atoms with Crippen LogP contribution >= 0.6 is 11.8 Å². The van der Waals surface area contributed by atoms with E-state index in [0.29, 0.717) is 6.04 Å². The van der Waals surface area contributed by atoms with Gasteiger partial charge in [0.05, 0.1) is 0 Å². The van der Waals surface area contributed by atoms with Gasteiger partial charge in [0.15, 0.2) is 0 Å². The lowest BCUT2D eigenvalue weighted by Gasteiger charge is -2.43. The molecule has 0 bridgehead atoms. The van der Waals surface area contributed by atoms with Gasteiger partial charge in [0, 0.05) is 36.7 Å². The molecule has 2 unspecified atom stereocenters. The lowest BCUT2D eigenvalue weighted by atomic mass is 9.79. The Hall–Kier alpha value is 0.270. The zero-order valence-electron chi connectivity index (χ0n) is 9.11. The van der Waals surface area contributed by atoms with E-state index in [1.165, 1.54) is 38.1 Å². The van der Waals surface area contributed by atoms with Crippen molar-refractivity contribution < 1.29 is 0 Å². The molecule has 1 aliphatic carbocycles. The molecule has 2 atom stereocenters. The largest absolute Gasteiger partial charge is 0.329 e. The van der Waals surface area contributed by atoms with Gasteiger partial charge in [0.25, 0.3) is 0 Å². The highest BCUT2D eigenvalue weighted by molar-refractivity contribution is 7.99. The lowest BCUT2D eigenvalue weighted by molar-refractivity contribution is 0.105. The van der Waals surface area contributed by atoms with Crippen molar-refractivity contribution in [1.29, 1.82) is 0 Å². The summed E-state index contributed by atoms with van der Waals surface area (Å²) in [5.74, 6) is 2.21. The first-order valence-electron chi connectivity index (χ1n) is 5.87. The molecular formula is C11H22N2S. The van der Waals surface area contributed by atoms with Crippen molar-refractivity contribution in [3.05, 3.63) is 0 Å². The van der Waals surface area contributed by atoms with Gasteiger partial charge >= 0.3 is 0 Å². The molecule has 0 amide bonds. The van der Waals surface area contributed by atoms with Crippen LogP contribution in [0.3, 0.4) is 0 Å². The zero-order chi connectivity index (χ0) is 9.97. The molecule has 1 aliphatic heterocycles. The Morgan fingerprint density at radius 2 is 2.29 bits per heavy atom. The molecule has 0 radical (unpaired) electrons. The third-order valence-electron chi connectivity index (χ3n) is 3.68. The third kappa shape index (κ3) is 2.26. The number of nitrogens with zero attached hydrogens (tertiary/aromatic N) is 1. The fraction of sp³-hybridized carbons (Fsp3) is 1.00. The van der Waals surface area contributed by atoms with E-state index >= 15 is 0 Å². The Morgan fingerprint density at radius 3 is 2.79 bits per heavy atom. The maximum Gasteiger partial charge on any atom is 0.0247 e. The summed E-state index contributed by atoms with van der Waals surface area (Å²) in [6, 6.07) is 0.687. The van der Waals surface area contributed by atoms with Crippen LogP contribution in [0.25, 0.3) is 0 Å². The van der Waals surface area contributed by atoms with Crippen LogP contribution in [0.4, 0.5) is 0 Å². The molecule has 0 spiro atoms. The van der Waals surface area contributed by atoms with Crippen LogP contribution in [0, 0.1) is 5.92 Å². The minimum absolute atomic E-state index is 0.687. The summed E-state index contributed by atoms with van der Waals surface area (Å²) in [6.45, 7) is 5.71. The molecule has 14 heavy (non-hydrogen) atoms. The smallest absolute Gasteiger partial charge is 0.0247 e. The standard InChI is InChI=1S/C11H22N2S/c1-9-8-13(5-6-14-9)11(7-12)10-3-2-4-10/h9-11H,2-8,12H2,1H3. The average Bonchev–Trinajstić information content (AvgIpc) is 2.10. The maximum absolute atomic E-state index is 5.91. The van der Waals surface area contributed by atoms with E-state index in [-0.39, 0.29) is 0 Å². The maximum atomic E-state index is 5.91. The molecule has 0 aromatic carbocycles. The van der Waals surface area contributed by atoms with E-state index in [4.69, 9.17) is 5.73 Å². The summed E-state index contributed by atoms with van der Waals surface area (Å²) in [5.41, 5.74) is 5.91. The highest BCUT2D eigenvalue weighted by Crippen LogP contribution is 2.33. The van der Waals surface area contributed by atoms with Crippen molar-refractivity contribution in [2.45, 2.75) is 37.5 Å². The minimum Gasteiger partial charge on any atom is -0.329 e. The van der Waals surface area contributed by atoms with Gasteiger partial charge in [-0.05, 0) is 18.8 Å². The fourth-order valence-electron chi connectivity index (χ4n) is 2.61. The Kier molecular flexibility index (Phi) is 3.74. The number of nitrogens with two attached hydrogens (primary N) is 1. The van der Waals surface area contributed by atoms with Crippen molar-refractivity contribution in [2.24, 2.45) is 11.7 Å². The van der Waals surface area contributed by atoms with Crippen LogP contribution in [0.15, 0.2) is 0 Å². The Morgan fingerprint density at radius 1 is 1.50 bits per heavy atom. The van der Waals surface area contributed by atoms with Crippen LogP contribution < -0.4 is 5.73 Å². The predicted molar refractivity (Wildman–Crippen MR) is 63.7 cm³/mol. The second-order valence-corrected chi connectivity index (χ2v) is 6.22. The van der Waals surface area contributed by atoms with E-state index < -0.39 is 0 Å². The monoisotopic (exact) mass is 214 g/mol. The summed E-state index contributed by atoms with van der Waals surface area (Å²) in [4.78, 5) is 2.64. The number of hydrogen-bond acceptors (Lipinski definition) is 3. The molecule has 3 heteroatoms. The van der Waals surface area contributed by atoms with Crippen molar-refractivity contribution >= 4 is 11.8 Å². The molecule has 82 valence electrons. The van der Waals surface area contributed by atoms with Gasteiger partial charge in [-0.2, -0.15) is 11.8 Å². The molecule has 2 nitrogen and oxygen atoms in total. The molecule has 1 saturated heterocycles. The zero-order valence-corrected chi connectivity index (χ0v) is 9.93. The summed E-state index contributed by atoms with van der Waals surface area (Å²) in [7, 11) is 0. The fourth-order valence-corrected chi connectivity index (χ4v) is 3.65. The van der Waals surface area contributed by atoms with Gasteiger partial charge in [-0.3, -0.25) is 4.90 Å². The lowest BCUT2D eigenvalue weighted by Crippen LogP contribution is -2.52. The molecule has 0 aromatic rings. The quantitative estimate of drug-likeness (QED) is 0.773. The predicted octanol–water partition coefficient (Wildman–Crippen LogP) is 1.55. The van der Waals surface area contributed by atoms with Gasteiger partial charge in [0.1, 0.15) is 0 Å². The average molecular weight is 214 g/mol. The molecule has 2 rings (SSSR count). The number of hydrogen-bond donors (Lipinski definition) is 1. The van der Waals surface area contributed by atoms with E-state index in [9.17, 15) is 0 Å². The summed E-state index contributed by atoms with van der Waals surface area (Å²) in [6.07, 6.45) is 4.26. The molecule has 0 aromatic heterocycles. The van der Waals surface area contributed by atoms with Gasteiger partial charge in [-0.1, -0.05) is 13.3 Å². The normalized spacial score (nSPS) is 32.6. The van der Waals surface area contributed by atoms with Gasteiger partial charge < -0.3 is 5.73 Å². The minimum atomic E-state index is 0.687.